The maximum Gasteiger partial charge on any atom is 0.128 e. The Hall–Kier alpha value is -2.79. The third-order valence-electron chi connectivity index (χ3n) is 3.52. The van der Waals surface area contributed by atoms with Gasteiger partial charge in [-0.15, -0.1) is 0 Å². The molecule has 0 aliphatic rings. The zero-order chi connectivity index (χ0) is 17.3. The van der Waals surface area contributed by atoms with Crippen molar-refractivity contribution in [1.82, 2.24) is 9.55 Å². The number of benzene rings is 2. The molecule has 0 aliphatic heterocycles. The summed E-state index contributed by atoms with van der Waals surface area (Å²) in [5.41, 5.74) is 4.74. The summed E-state index contributed by atoms with van der Waals surface area (Å²) in [4.78, 5) is 4.02. The van der Waals surface area contributed by atoms with Crippen molar-refractivity contribution >= 4 is 23.5 Å². The first-order valence-corrected chi connectivity index (χ1v) is 8.41. The maximum atomic E-state index is 6.09. The van der Waals surface area contributed by atoms with Crippen molar-refractivity contribution < 1.29 is 4.74 Å². The Labute approximate surface area is 151 Å². The molecule has 0 radical (unpaired) electrons. The molecule has 2 aromatic carbocycles. The maximum absolute atomic E-state index is 6.09. The summed E-state index contributed by atoms with van der Waals surface area (Å²) in [7, 11) is 0. The lowest BCUT2D eigenvalue weighted by Crippen LogP contribution is -2.04. The highest BCUT2D eigenvalue weighted by Gasteiger charge is 2.03. The number of hydrazone groups is 1. The van der Waals surface area contributed by atoms with Gasteiger partial charge in [0.2, 0.25) is 0 Å². The number of para-hydroxylation sites is 1. The molecule has 6 heteroatoms. The van der Waals surface area contributed by atoms with Crippen molar-refractivity contribution in [2.75, 3.05) is 12.0 Å². The number of hydrogen-bond donors (Lipinski definition) is 1. The monoisotopic (exact) mass is 354 g/mol. The van der Waals surface area contributed by atoms with Crippen molar-refractivity contribution in [3.63, 3.8) is 0 Å². The Morgan fingerprint density at radius 3 is 2.88 bits per heavy atom. The predicted octanol–water partition coefficient (Wildman–Crippen LogP) is 4.45. The molecule has 1 aromatic heterocycles. The van der Waals surface area contributed by atoms with Crippen molar-refractivity contribution in [1.29, 1.82) is 0 Å². The van der Waals surface area contributed by atoms with Gasteiger partial charge in [0.25, 0.3) is 0 Å². The second-order valence-corrected chi connectivity index (χ2v) is 5.86. The molecule has 0 aliphatic carbocycles. The second-order valence-electron chi connectivity index (χ2n) is 5.42. The van der Waals surface area contributed by atoms with E-state index in [9.17, 15) is 0 Å². The van der Waals surface area contributed by atoms with E-state index in [-0.39, 0.29) is 0 Å². The molecule has 0 amide bonds. The van der Waals surface area contributed by atoms with Crippen molar-refractivity contribution in [3.05, 3.63) is 77.8 Å². The Kier molecular flexibility index (Phi) is 6.06. The molecule has 0 saturated heterocycles. The number of aryl methyl sites for hydroxylation is 1. The number of rotatable bonds is 8. The lowest BCUT2D eigenvalue weighted by atomic mass is 10.2. The zero-order valence-electron chi connectivity index (χ0n) is 13.7. The Morgan fingerprint density at radius 1 is 1.20 bits per heavy atom. The average molecular weight is 355 g/mol. The van der Waals surface area contributed by atoms with Gasteiger partial charge in [0.05, 0.1) is 24.8 Å². The van der Waals surface area contributed by atoms with Gasteiger partial charge in [0.15, 0.2) is 0 Å². The molecule has 3 aromatic rings. The van der Waals surface area contributed by atoms with E-state index in [1.165, 1.54) is 0 Å². The summed E-state index contributed by atoms with van der Waals surface area (Å²) < 4.78 is 7.91. The summed E-state index contributed by atoms with van der Waals surface area (Å²) in [6, 6.07) is 15.3. The molecule has 128 valence electrons. The van der Waals surface area contributed by atoms with Crippen molar-refractivity contribution in [2.24, 2.45) is 5.10 Å². The lowest BCUT2D eigenvalue weighted by Gasteiger charge is -2.10. The van der Waals surface area contributed by atoms with Crippen molar-refractivity contribution in [3.8, 4) is 5.75 Å². The van der Waals surface area contributed by atoms with Crippen LogP contribution in [0.25, 0.3) is 0 Å². The number of ether oxygens (including phenoxy) is 1. The van der Waals surface area contributed by atoms with Gasteiger partial charge in [0, 0.05) is 29.5 Å². The molecule has 1 N–H and O–H groups in total. The highest BCUT2D eigenvalue weighted by Crippen LogP contribution is 2.22. The quantitative estimate of drug-likeness (QED) is 0.369. The van der Waals surface area contributed by atoms with E-state index in [2.05, 4.69) is 15.5 Å². The molecule has 0 spiro atoms. The average Bonchev–Trinajstić information content (AvgIpc) is 3.14. The minimum absolute atomic E-state index is 0.604. The molecular weight excluding hydrogens is 336 g/mol. The van der Waals surface area contributed by atoms with Crippen LogP contribution in [-0.4, -0.2) is 22.4 Å². The van der Waals surface area contributed by atoms with Gasteiger partial charge in [-0.2, -0.15) is 5.10 Å². The minimum Gasteiger partial charge on any atom is -0.493 e. The van der Waals surface area contributed by atoms with Crippen LogP contribution in [0.3, 0.4) is 0 Å². The van der Waals surface area contributed by atoms with Gasteiger partial charge in [0.1, 0.15) is 5.75 Å². The van der Waals surface area contributed by atoms with Crippen LogP contribution in [-0.2, 0) is 6.54 Å². The van der Waals surface area contributed by atoms with Crippen LogP contribution in [0.1, 0.15) is 12.0 Å². The van der Waals surface area contributed by atoms with E-state index < -0.39 is 0 Å². The highest BCUT2D eigenvalue weighted by molar-refractivity contribution is 6.30. The highest BCUT2D eigenvalue weighted by atomic mass is 35.5. The molecule has 0 bridgehead atoms. The van der Waals surface area contributed by atoms with Gasteiger partial charge >= 0.3 is 0 Å². The Bertz CT molecular complexity index is 804. The van der Waals surface area contributed by atoms with Crippen LogP contribution < -0.4 is 10.2 Å². The van der Waals surface area contributed by atoms with E-state index in [1.807, 2.05) is 59.3 Å². The zero-order valence-corrected chi connectivity index (χ0v) is 14.4. The lowest BCUT2D eigenvalue weighted by molar-refractivity contribution is 0.301. The molecule has 0 saturated carbocycles. The predicted molar refractivity (Wildman–Crippen MR) is 101 cm³/mol. The van der Waals surface area contributed by atoms with Crippen LogP contribution in [0.15, 0.2) is 72.4 Å². The van der Waals surface area contributed by atoms with E-state index in [0.717, 1.165) is 30.0 Å². The largest absolute Gasteiger partial charge is 0.493 e. The molecule has 0 fully saturated rings. The van der Waals surface area contributed by atoms with Gasteiger partial charge in [-0.05, 0) is 36.8 Å². The van der Waals surface area contributed by atoms with Gasteiger partial charge in [-0.25, -0.2) is 4.98 Å². The third kappa shape index (κ3) is 5.36. The van der Waals surface area contributed by atoms with Crippen LogP contribution in [0, 0.1) is 0 Å². The second kappa shape index (κ2) is 8.89. The number of nitrogens with zero attached hydrogens (tertiary/aromatic N) is 3. The first kappa shape index (κ1) is 17.0. The van der Waals surface area contributed by atoms with Gasteiger partial charge in [-0.3, -0.25) is 5.43 Å². The van der Waals surface area contributed by atoms with Gasteiger partial charge in [-0.1, -0.05) is 29.8 Å². The SMILES string of the molecule is Clc1ccc(OCCCn2ccnc2)c(C=NNc2ccccc2)c1. The molecule has 3 rings (SSSR count). The topological polar surface area (TPSA) is 51.4 Å². The van der Waals surface area contributed by atoms with Gasteiger partial charge < -0.3 is 9.30 Å². The molecule has 25 heavy (non-hydrogen) atoms. The molecular formula is C19H19ClN4O. The van der Waals surface area contributed by atoms with Crippen LogP contribution >= 0.6 is 11.6 Å². The number of anilines is 1. The fourth-order valence-corrected chi connectivity index (χ4v) is 2.47. The molecule has 1 heterocycles. The summed E-state index contributed by atoms with van der Waals surface area (Å²) in [5.74, 6) is 0.758. The smallest absolute Gasteiger partial charge is 0.128 e. The number of hydrogen-bond acceptors (Lipinski definition) is 4. The van der Waals surface area contributed by atoms with Crippen molar-refractivity contribution in [2.45, 2.75) is 13.0 Å². The number of imidazole rings is 1. The fraction of sp³-hybridized carbons (Fsp3) is 0.158. The summed E-state index contributed by atoms with van der Waals surface area (Å²) in [5, 5.41) is 4.90. The Balaban J connectivity index is 1.57. The number of halogens is 1. The molecule has 0 atom stereocenters. The Morgan fingerprint density at radius 2 is 2.08 bits per heavy atom. The summed E-state index contributed by atoms with van der Waals surface area (Å²) in [6.07, 6.45) is 8.11. The van der Waals surface area contributed by atoms with E-state index in [0.29, 0.717) is 11.6 Å². The van der Waals surface area contributed by atoms with E-state index >= 15 is 0 Å². The molecule has 0 unspecified atom stereocenters. The summed E-state index contributed by atoms with van der Waals surface area (Å²) in [6.45, 7) is 1.47. The van der Waals surface area contributed by atoms with E-state index in [1.54, 1.807) is 18.7 Å². The minimum atomic E-state index is 0.604. The standard InChI is InChI=1S/C19H19ClN4O/c20-17-7-8-19(25-12-4-10-24-11-9-21-15-24)16(13-17)14-22-23-18-5-2-1-3-6-18/h1-3,5-9,11,13-15,23H,4,10,12H2. The fourth-order valence-electron chi connectivity index (χ4n) is 2.29. The third-order valence-corrected chi connectivity index (χ3v) is 3.76. The number of aromatic nitrogens is 2. The normalized spacial score (nSPS) is 10.9. The van der Waals surface area contributed by atoms with Crippen LogP contribution in [0.4, 0.5) is 5.69 Å². The van der Waals surface area contributed by atoms with Crippen LogP contribution in [0.5, 0.6) is 5.75 Å². The molecule has 5 nitrogen and oxygen atoms in total. The summed E-state index contributed by atoms with van der Waals surface area (Å²) >= 11 is 6.09. The van der Waals surface area contributed by atoms with Crippen LogP contribution in [0.2, 0.25) is 5.02 Å². The first-order chi connectivity index (χ1) is 12.3. The number of nitrogens with one attached hydrogen (secondary N) is 1. The first-order valence-electron chi connectivity index (χ1n) is 8.03. The van der Waals surface area contributed by atoms with E-state index in [4.69, 9.17) is 16.3 Å².